The zero-order chi connectivity index (χ0) is 20.9. The zero-order valence-corrected chi connectivity index (χ0v) is 17.5. The number of benzene rings is 2. The van der Waals surface area contributed by atoms with Crippen LogP contribution in [0, 0.1) is 0 Å². The fourth-order valence-corrected chi connectivity index (χ4v) is 3.56. The Morgan fingerprint density at radius 2 is 1.83 bits per heavy atom. The molecule has 3 aromatic rings. The molecule has 8 heteroatoms. The summed E-state index contributed by atoms with van der Waals surface area (Å²) in [6.45, 7) is 5.84. The van der Waals surface area contributed by atoms with Crippen molar-refractivity contribution < 1.29 is 14.1 Å². The minimum Gasteiger partial charge on any atom is -0.493 e. The molecule has 0 spiro atoms. The Kier molecular flexibility index (Phi) is 6.30. The van der Waals surface area contributed by atoms with E-state index in [0.29, 0.717) is 48.5 Å². The van der Waals surface area contributed by atoms with Gasteiger partial charge in [-0.3, -0.25) is 9.69 Å². The zero-order valence-electron chi connectivity index (χ0n) is 16.8. The normalized spacial score (nSPS) is 14.7. The van der Waals surface area contributed by atoms with E-state index in [-0.39, 0.29) is 5.91 Å². The Morgan fingerprint density at radius 1 is 1.10 bits per heavy atom. The molecule has 7 nitrogen and oxygen atoms in total. The molecular formula is C22H23ClN4O3. The summed E-state index contributed by atoms with van der Waals surface area (Å²) in [5.41, 5.74) is 1.47. The molecule has 1 aromatic heterocycles. The van der Waals surface area contributed by atoms with Gasteiger partial charge in [0.15, 0.2) is 0 Å². The van der Waals surface area contributed by atoms with Crippen molar-refractivity contribution in [3.05, 3.63) is 65.0 Å². The van der Waals surface area contributed by atoms with E-state index in [1.165, 1.54) is 0 Å². The first-order valence-corrected chi connectivity index (χ1v) is 10.3. The number of carbonyl (C=O) groups is 1. The number of piperazine rings is 1. The van der Waals surface area contributed by atoms with E-state index in [1.54, 1.807) is 24.3 Å². The van der Waals surface area contributed by atoms with Gasteiger partial charge in [0.05, 0.1) is 18.7 Å². The highest BCUT2D eigenvalue weighted by Crippen LogP contribution is 2.27. The molecule has 30 heavy (non-hydrogen) atoms. The molecule has 0 saturated carbocycles. The second-order valence-corrected chi connectivity index (χ2v) is 7.45. The fourth-order valence-electron chi connectivity index (χ4n) is 3.44. The molecule has 156 valence electrons. The SMILES string of the molecule is CCOc1ccccc1-c1noc(CN2CCN(C(=O)c3ccc(Cl)cc3)CC2)n1. The standard InChI is InChI=1S/C22H23ClN4O3/c1-2-29-19-6-4-3-5-18(19)21-24-20(30-25-21)15-26-11-13-27(14-12-26)22(28)16-7-9-17(23)10-8-16/h3-10H,2,11-15H2,1H3. The minimum absolute atomic E-state index is 0.0268. The summed E-state index contributed by atoms with van der Waals surface area (Å²) in [6, 6.07) is 14.6. The largest absolute Gasteiger partial charge is 0.493 e. The number of hydrogen-bond donors (Lipinski definition) is 0. The lowest BCUT2D eigenvalue weighted by atomic mass is 10.2. The smallest absolute Gasteiger partial charge is 0.253 e. The van der Waals surface area contributed by atoms with E-state index in [0.717, 1.165) is 24.4 Å². The second kappa shape index (κ2) is 9.28. The van der Waals surface area contributed by atoms with Crippen LogP contribution in [-0.2, 0) is 6.54 Å². The monoisotopic (exact) mass is 426 g/mol. The van der Waals surface area contributed by atoms with Gasteiger partial charge >= 0.3 is 0 Å². The average molecular weight is 427 g/mol. The summed E-state index contributed by atoms with van der Waals surface area (Å²) in [4.78, 5) is 21.2. The summed E-state index contributed by atoms with van der Waals surface area (Å²) < 4.78 is 11.1. The number of nitrogens with zero attached hydrogens (tertiary/aromatic N) is 4. The maximum atomic E-state index is 12.6. The predicted molar refractivity (Wildman–Crippen MR) is 114 cm³/mol. The fraction of sp³-hybridized carbons (Fsp3) is 0.318. The number of carbonyl (C=O) groups excluding carboxylic acids is 1. The van der Waals surface area contributed by atoms with Gasteiger partial charge in [-0.05, 0) is 43.3 Å². The van der Waals surface area contributed by atoms with Crippen LogP contribution in [0.25, 0.3) is 11.4 Å². The van der Waals surface area contributed by atoms with Gasteiger partial charge in [0.1, 0.15) is 5.75 Å². The maximum absolute atomic E-state index is 12.6. The van der Waals surface area contributed by atoms with Gasteiger partial charge in [-0.25, -0.2) is 0 Å². The third-order valence-corrected chi connectivity index (χ3v) is 5.26. The molecule has 2 aromatic carbocycles. The number of rotatable bonds is 6. The third kappa shape index (κ3) is 4.63. The van der Waals surface area contributed by atoms with E-state index < -0.39 is 0 Å². The van der Waals surface area contributed by atoms with Crippen molar-refractivity contribution in [2.24, 2.45) is 0 Å². The molecule has 0 atom stereocenters. The molecule has 4 rings (SSSR count). The Morgan fingerprint density at radius 3 is 2.57 bits per heavy atom. The van der Waals surface area contributed by atoms with Gasteiger partial charge < -0.3 is 14.2 Å². The second-order valence-electron chi connectivity index (χ2n) is 7.02. The van der Waals surface area contributed by atoms with Crippen LogP contribution in [0.2, 0.25) is 5.02 Å². The molecule has 0 radical (unpaired) electrons. The molecular weight excluding hydrogens is 404 g/mol. The number of ether oxygens (including phenoxy) is 1. The van der Waals surface area contributed by atoms with Crippen molar-refractivity contribution in [2.75, 3.05) is 32.8 Å². The molecule has 0 unspecified atom stereocenters. The van der Waals surface area contributed by atoms with Gasteiger partial charge in [0.25, 0.3) is 5.91 Å². The number of halogens is 1. The summed E-state index contributed by atoms with van der Waals surface area (Å²) >= 11 is 5.90. The molecule has 1 fully saturated rings. The lowest BCUT2D eigenvalue weighted by Gasteiger charge is -2.34. The summed E-state index contributed by atoms with van der Waals surface area (Å²) in [5.74, 6) is 1.83. The van der Waals surface area contributed by atoms with Gasteiger partial charge in [0.2, 0.25) is 11.7 Å². The number of para-hydroxylation sites is 1. The number of aromatic nitrogens is 2. The quantitative estimate of drug-likeness (QED) is 0.597. The molecule has 1 saturated heterocycles. The minimum atomic E-state index is 0.0268. The van der Waals surface area contributed by atoms with Crippen LogP contribution in [0.4, 0.5) is 0 Å². The van der Waals surface area contributed by atoms with Gasteiger partial charge in [-0.15, -0.1) is 0 Å². The van der Waals surface area contributed by atoms with E-state index in [9.17, 15) is 4.79 Å². The van der Waals surface area contributed by atoms with Gasteiger partial charge in [-0.1, -0.05) is 28.9 Å². The van der Waals surface area contributed by atoms with Crippen molar-refractivity contribution in [3.8, 4) is 17.1 Å². The van der Waals surface area contributed by atoms with Crippen molar-refractivity contribution in [1.29, 1.82) is 0 Å². The Balaban J connectivity index is 1.35. The molecule has 1 aliphatic rings. The molecule has 0 aliphatic carbocycles. The number of hydrogen-bond acceptors (Lipinski definition) is 6. The lowest BCUT2D eigenvalue weighted by Crippen LogP contribution is -2.48. The van der Waals surface area contributed by atoms with Gasteiger partial charge in [0, 0.05) is 36.8 Å². The Bertz CT molecular complexity index is 998. The molecule has 1 aliphatic heterocycles. The first-order chi connectivity index (χ1) is 14.6. The number of amides is 1. The highest BCUT2D eigenvalue weighted by molar-refractivity contribution is 6.30. The highest BCUT2D eigenvalue weighted by atomic mass is 35.5. The topological polar surface area (TPSA) is 71.7 Å². The van der Waals surface area contributed by atoms with Gasteiger partial charge in [-0.2, -0.15) is 4.98 Å². The van der Waals surface area contributed by atoms with Crippen LogP contribution in [0.3, 0.4) is 0 Å². The van der Waals surface area contributed by atoms with Crippen LogP contribution in [0.5, 0.6) is 5.75 Å². The van der Waals surface area contributed by atoms with Crippen LogP contribution >= 0.6 is 11.6 Å². The van der Waals surface area contributed by atoms with Crippen LogP contribution in [0.15, 0.2) is 53.1 Å². The van der Waals surface area contributed by atoms with Crippen LogP contribution in [0.1, 0.15) is 23.2 Å². The molecule has 2 heterocycles. The lowest BCUT2D eigenvalue weighted by molar-refractivity contribution is 0.0615. The van der Waals surface area contributed by atoms with Crippen LogP contribution < -0.4 is 4.74 Å². The summed E-state index contributed by atoms with van der Waals surface area (Å²) in [5, 5.41) is 4.74. The predicted octanol–water partition coefficient (Wildman–Crippen LogP) is 3.75. The average Bonchev–Trinajstić information content (AvgIpc) is 3.23. The molecule has 0 bridgehead atoms. The van der Waals surface area contributed by atoms with Crippen molar-refractivity contribution in [2.45, 2.75) is 13.5 Å². The third-order valence-electron chi connectivity index (χ3n) is 5.01. The van der Waals surface area contributed by atoms with E-state index in [4.69, 9.17) is 20.9 Å². The first kappa shape index (κ1) is 20.4. The van der Waals surface area contributed by atoms with E-state index >= 15 is 0 Å². The Hall–Kier alpha value is -2.90. The Labute approximate surface area is 180 Å². The highest BCUT2D eigenvalue weighted by Gasteiger charge is 2.23. The first-order valence-electron chi connectivity index (χ1n) is 9.96. The maximum Gasteiger partial charge on any atom is 0.253 e. The van der Waals surface area contributed by atoms with E-state index in [1.807, 2.05) is 36.1 Å². The summed E-state index contributed by atoms with van der Waals surface area (Å²) in [7, 11) is 0. The molecule has 0 N–H and O–H groups in total. The van der Waals surface area contributed by atoms with Crippen molar-refractivity contribution >= 4 is 17.5 Å². The van der Waals surface area contributed by atoms with E-state index in [2.05, 4.69) is 15.0 Å². The van der Waals surface area contributed by atoms with Crippen molar-refractivity contribution in [1.82, 2.24) is 19.9 Å². The molecule has 1 amide bonds. The van der Waals surface area contributed by atoms with Crippen LogP contribution in [-0.4, -0.2) is 58.6 Å². The summed E-state index contributed by atoms with van der Waals surface area (Å²) in [6.07, 6.45) is 0. The van der Waals surface area contributed by atoms with Crippen molar-refractivity contribution in [3.63, 3.8) is 0 Å².